The number of nitrogens with zero attached hydrogens (tertiary/aromatic N) is 1. The Morgan fingerprint density at radius 2 is 2.12 bits per heavy atom. The maximum Gasteiger partial charge on any atom is 0.241 e. The maximum absolute atomic E-state index is 11.7. The molecule has 0 saturated heterocycles. The Bertz CT molecular complexity index is 408. The molecule has 1 amide bonds. The number of rotatable bonds is 5. The Morgan fingerprint density at radius 3 is 2.59 bits per heavy atom. The fourth-order valence-corrected chi connectivity index (χ4v) is 1.85. The molecule has 1 N–H and O–H groups in total. The number of nitrogens with one attached hydrogen (secondary N) is 1. The molecule has 0 radical (unpaired) electrons. The van der Waals surface area contributed by atoms with Crippen LogP contribution in [0.2, 0.25) is 0 Å². The Kier molecular flexibility index (Phi) is 5.58. The van der Waals surface area contributed by atoms with Gasteiger partial charge < -0.3 is 5.32 Å². The van der Waals surface area contributed by atoms with Crippen LogP contribution in [-0.4, -0.2) is 12.2 Å². The SMILES string of the molecule is CCCC(C#N)C(=O)Nc1ccc(SC)cc1. The molecule has 90 valence electrons. The summed E-state index contributed by atoms with van der Waals surface area (Å²) in [5.41, 5.74) is 0.740. The van der Waals surface area contributed by atoms with E-state index >= 15 is 0 Å². The number of carbonyl (C=O) groups is 1. The zero-order valence-electron chi connectivity index (χ0n) is 10.1. The molecular weight excluding hydrogens is 232 g/mol. The summed E-state index contributed by atoms with van der Waals surface area (Å²) in [6.07, 6.45) is 3.43. The molecular formula is C13H16N2OS. The first-order valence-electron chi connectivity index (χ1n) is 5.55. The average Bonchev–Trinajstić information content (AvgIpc) is 2.36. The highest BCUT2D eigenvalue weighted by Crippen LogP contribution is 2.18. The second-order valence-corrected chi connectivity index (χ2v) is 4.57. The van der Waals surface area contributed by atoms with E-state index in [1.54, 1.807) is 11.8 Å². The van der Waals surface area contributed by atoms with Gasteiger partial charge in [0.15, 0.2) is 0 Å². The molecule has 0 aliphatic heterocycles. The molecule has 1 atom stereocenters. The van der Waals surface area contributed by atoms with Gasteiger partial charge in [-0.15, -0.1) is 11.8 Å². The largest absolute Gasteiger partial charge is 0.325 e. The van der Waals surface area contributed by atoms with Gasteiger partial charge in [-0.3, -0.25) is 4.79 Å². The number of nitriles is 1. The van der Waals surface area contributed by atoms with Crippen molar-refractivity contribution in [1.29, 1.82) is 5.26 Å². The van der Waals surface area contributed by atoms with Gasteiger partial charge in [0.2, 0.25) is 5.91 Å². The molecule has 0 saturated carbocycles. The normalized spacial score (nSPS) is 11.6. The van der Waals surface area contributed by atoms with Crippen LogP contribution >= 0.6 is 11.8 Å². The van der Waals surface area contributed by atoms with Gasteiger partial charge in [0.1, 0.15) is 5.92 Å². The van der Waals surface area contributed by atoms with Gasteiger partial charge in [0, 0.05) is 10.6 Å². The second-order valence-electron chi connectivity index (χ2n) is 3.69. The lowest BCUT2D eigenvalue weighted by atomic mass is 10.0. The van der Waals surface area contributed by atoms with Crippen LogP contribution in [0.3, 0.4) is 0 Å². The van der Waals surface area contributed by atoms with E-state index < -0.39 is 5.92 Å². The van der Waals surface area contributed by atoms with E-state index in [0.717, 1.165) is 17.0 Å². The predicted molar refractivity (Wildman–Crippen MR) is 70.9 cm³/mol. The first kappa shape index (κ1) is 13.6. The minimum atomic E-state index is -0.555. The number of carbonyl (C=O) groups excluding carboxylic acids is 1. The predicted octanol–water partition coefficient (Wildman–Crippen LogP) is 3.29. The number of thioether (sulfide) groups is 1. The van der Waals surface area contributed by atoms with Crippen molar-refractivity contribution in [3.05, 3.63) is 24.3 Å². The van der Waals surface area contributed by atoms with Crippen molar-refractivity contribution in [1.82, 2.24) is 0 Å². The Balaban J connectivity index is 2.64. The van der Waals surface area contributed by atoms with Crippen molar-refractivity contribution >= 4 is 23.4 Å². The summed E-state index contributed by atoms with van der Waals surface area (Å²) in [7, 11) is 0. The first-order valence-corrected chi connectivity index (χ1v) is 6.78. The Labute approximate surface area is 106 Å². The first-order chi connectivity index (χ1) is 8.21. The Hall–Kier alpha value is -1.47. The highest BCUT2D eigenvalue weighted by molar-refractivity contribution is 7.98. The molecule has 1 aromatic carbocycles. The molecule has 0 aliphatic carbocycles. The molecule has 0 bridgehead atoms. The number of amides is 1. The van der Waals surface area contributed by atoms with E-state index in [9.17, 15) is 4.79 Å². The number of anilines is 1. The van der Waals surface area contributed by atoms with Gasteiger partial charge in [-0.2, -0.15) is 5.26 Å². The van der Waals surface area contributed by atoms with Crippen molar-refractivity contribution in [3.8, 4) is 6.07 Å². The van der Waals surface area contributed by atoms with E-state index in [2.05, 4.69) is 5.32 Å². The van der Waals surface area contributed by atoms with Gasteiger partial charge in [0.25, 0.3) is 0 Å². The van der Waals surface area contributed by atoms with E-state index in [1.807, 2.05) is 43.5 Å². The summed E-state index contributed by atoms with van der Waals surface area (Å²) in [5.74, 6) is -0.772. The minimum absolute atomic E-state index is 0.216. The molecule has 0 spiro atoms. The molecule has 1 unspecified atom stereocenters. The Morgan fingerprint density at radius 1 is 1.47 bits per heavy atom. The van der Waals surface area contributed by atoms with Crippen LogP contribution in [0.4, 0.5) is 5.69 Å². The molecule has 3 nitrogen and oxygen atoms in total. The summed E-state index contributed by atoms with van der Waals surface area (Å²) in [6, 6.07) is 9.62. The highest BCUT2D eigenvalue weighted by atomic mass is 32.2. The van der Waals surface area contributed by atoms with Crippen LogP contribution in [0.15, 0.2) is 29.2 Å². The summed E-state index contributed by atoms with van der Waals surface area (Å²) in [5, 5.41) is 11.6. The fraction of sp³-hybridized carbons (Fsp3) is 0.385. The van der Waals surface area contributed by atoms with Crippen molar-refractivity contribution in [2.45, 2.75) is 24.7 Å². The summed E-state index contributed by atoms with van der Waals surface area (Å²) >= 11 is 1.65. The van der Waals surface area contributed by atoms with Crippen molar-refractivity contribution < 1.29 is 4.79 Å². The third kappa shape index (κ3) is 4.12. The van der Waals surface area contributed by atoms with Gasteiger partial charge >= 0.3 is 0 Å². The highest BCUT2D eigenvalue weighted by Gasteiger charge is 2.16. The average molecular weight is 248 g/mol. The van der Waals surface area contributed by atoms with Crippen LogP contribution in [0.1, 0.15) is 19.8 Å². The van der Waals surface area contributed by atoms with Gasteiger partial charge in [-0.05, 0) is 36.9 Å². The number of benzene rings is 1. The third-order valence-corrected chi connectivity index (χ3v) is 3.15. The number of hydrogen-bond donors (Lipinski definition) is 1. The van der Waals surface area contributed by atoms with Crippen LogP contribution in [0.5, 0.6) is 0 Å². The zero-order chi connectivity index (χ0) is 12.7. The van der Waals surface area contributed by atoms with Crippen LogP contribution in [0, 0.1) is 17.2 Å². The third-order valence-electron chi connectivity index (χ3n) is 2.41. The van der Waals surface area contributed by atoms with E-state index in [1.165, 1.54) is 0 Å². The maximum atomic E-state index is 11.7. The van der Waals surface area contributed by atoms with E-state index in [4.69, 9.17) is 5.26 Å². The molecule has 0 fully saturated rings. The van der Waals surface area contributed by atoms with Crippen LogP contribution < -0.4 is 5.32 Å². The molecule has 0 aromatic heterocycles. The molecule has 0 aliphatic rings. The zero-order valence-corrected chi connectivity index (χ0v) is 10.9. The minimum Gasteiger partial charge on any atom is -0.325 e. The van der Waals surface area contributed by atoms with E-state index in [-0.39, 0.29) is 5.91 Å². The second kappa shape index (κ2) is 6.97. The summed E-state index contributed by atoms with van der Waals surface area (Å²) < 4.78 is 0. The van der Waals surface area contributed by atoms with Gasteiger partial charge in [-0.25, -0.2) is 0 Å². The fourth-order valence-electron chi connectivity index (χ4n) is 1.45. The number of hydrogen-bond acceptors (Lipinski definition) is 3. The van der Waals surface area contributed by atoms with Gasteiger partial charge in [-0.1, -0.05) is 13.3 Å². The summed E-state index contributed by atoms with van der Waals surface area (Å²) in [4.78, 5) is 12.9. The lowest BCUT2D eigenvalue weighted by molar-refractivity contribution is -0.118. The van der Waals surface area contributed by atoms with Crippen LogP contribution in [0.25, 0.3) is 0 Å². The van der Waals surface area contributed by atoms with Crippen molar-refractivity contribution in [3.63, 3.8) is 0 Å². The standard InChI is InChI=1S/C13H16N2OS/c1-3-4-10(9-14)13(16)15-11-5-7-12(17-2)8-6-11/h5-8,10H,3-4H2,1-2H3,(H,15,16). The topological polar surface area (TPSA) is 52.9 Å². The van der Waals surface area contributed by atoms with Gasteiger partial charge in [0.05, 0.1) is 6.07 Å². The monoisotopic (exact) mass is 248 g/mol. The molecule has 0 heterocycles. The molecule has 1 rings (SSSR count). The molecule has 17 heavy (non-hydrogen) atoms. The van der Waals surface area contributed by atoms with Crippen LogP contribution in [-0.2, 0) is 4.79 Å². The van der Waals surface area contributed by atoms with Crippen molar-refractivity contribution in [2.24, 2.45) is 5.92 Å². The van der Waals surface area contributed by atoms with E-state index in [0.29, 0.717) is 6.42 Å². The lowest BCUT2D eigenvalue weighted by Gasteiger charge is -2.09. The smallest absolute Gasteiger partial charge is 0.241 e. The van der Waals surface area contributed by atoms with Crippen molar-refractivity contribution in [2.75, 3.05) is 11.6 Å². The lowest BCUT2D eigenvalue weighted by Crippen LogP contribution is -2.21. The molecule has 1 aromatic rings. The molecule has 4 heteroatoms. The summed E-state index contributed by atoms with van der Waals surface area (Å²) in [6.45, 7) is 1.96. The quantitative estimate of drug-likeness (QED) is 0.813.